The van der Waals surface area contributed by atoms with Crippen LogP contribution >= 0.6 is 0 Å². The van der Waals surface area contributed by atoms with Gasteiger partial charge in [0.25, 0.3) is 0 Å². The second-order valence-electron chi connectivity index (χ2n) is 3.92. The first kappa shape index (κ1) is 14.2. The number of nitrogens with one attached hydrogen (secondary N) is 1. The maximum Gasteiger partial charge on any atom is 0.325 e. The number of nitrogens with two attached hydrogens (primary N) is 1. The number of rotatable bonds is 6. The quantitative estimate of drug-likeness (QED) is 0.708. The van der Waals surface area contributed by atoms with E-state index in [-0.39, 0.29) is 12.5 Å². The van der Waals surface area contributed by atoms with Crippen LogP contribution in [0.15, 0.2) is 30.3 Å². The Morgan fingerprint density at radius 3 is 2.61 bits per heavy atom. The first-order valence-corrected chi connectivity index (χ1v) is 5.77. The molecule has 0 spiro atoms. The van der Waals surface area contributed by atoms with Gasteiger partial charge in [0.1, 0.15) is 6.54 Å². The maximum atomic E-state index is 11.5. The van der Waals surface area contributed by atoms with Crippen molar-refractivity contribution in [1.29, 1.82) is 0 Å². The van der Waals surface area contributed by atoms with E-state index in [2.05, 4.69) is 10.1 Å². The van der Waals surface area contributed by atoms with Crippen LogP contribution in [0, 0.1) is 0 Å². The fourth-order valence-corrected chi connectivity index (χ4v) is 1.46. The van der Waals surface area contributed by atoms with E-state index in [1.807, 2.05) is 30.3 Å². The van der Waals surface area contributed by atoms with Crippen molar-refractivity contribution in [3.05, 3.63) is 35.9 Å². The van der Waals surface area contributed by atoms with Crippen molar-refractivity contribution >= 4 is 11.9 Å². The largest absolute Gasteiger partial charge is 0.468 e. The summed E-state index contributed by atoms with van der Waals surface area (Å²) in [6, 6.07) is 9.18. The Morgan fingerprint density at radius 2 is 2.00 bits per heavy atom. The summed E-state index contributed by atoms with van der Waals surface area (Å²) in [6.07, 6.45) is 1.27. The number of methoxy groups -OCH3 is 1. The smallest absolute Gasteiger partial charge is 0.325 e. The Bertz CT molecular complexity index is 392. The van der Waals surface area contributed by atoms with Gasteiger partial charge < -0.3 is 15.8 Å². The molecule has 0 heterocycles. The van der Waals surface area contributed by atoms with E-state index < -0.39 is 12.0 Å². The highest BCUT2D eigenvalue weighted by Gasteiger charge is 2.14. The van der Waals surface area contributed by atoms with Gasteiger partial charge in [0.2, 0.25) is 5.91 Å². The van der Waals surface area contributed by atoms with Gasteiger partial charge in [0.05, 0.1) is 13.2 Å². The van der Waals surface area contributed by atoms with Gasteiger partial charge in [-0.2, -0.15) is 0 Å². The molecule has 0 bridgehead atoms. The summed E-state index contributed by atoms with van der Waals surface area (Å²) < 4.78 is 4.42. The van der Waals surface area contributed by atoms with Crippen LogP contribution in [0.4, 0.5) is 0 Å². The molecule has 1 unspecified atom stereocenters. The highest BCUT2D eigenvalue weighted by Crippen LogP contribution is 2.03. The lowest BCUT2D eigenvalue weighted by Gasteiger charge is -2.11. The molecule has 0 fully saturated rings. The standard InChI is InChI=1S/C13H18N2O3/c1-18-12(16)9-15-13(17)11(14)8-7-10-5-3-2-4-6-10/h2-6,11H,7-9,14H2,1H3,(H,15,17). The van der Waals surface area contributed by atoms with E-state index in [4.69, 9.17) is 5.73 Å². The minimum Gasteiger partial charge on any atom is -0.468 e. The van der Waals surface area contributed by atoms with Crippen molar-refractivity contribution in [2.75, 3.05) is 13.7 Å². The number of esters is 1. The molecule has 1 aromatic carbocycles. The van der Waals surface area contributed by atoms with Gasteiger partial charge in [-0.15, -0.1) is 0 Å². The van der Waals surface area contributed by atoms with Gasteiger partial charge in [-0.3, -0.25) is 9.59 Å². The molecule has 0 saturated carbocycles. The number of benzene rings is 1. The normalized spacial score (nSPS) is 11.7. The molecular formula is C13H18N2O3. The summed E-state index contributed by atoms with van der Waals surface area (Å²) in [7, 11) is 1.27. The lowest BCUT2D eigenvalue weighted by molar-refractivity contribution is -0.141. The monoisotopic (exact) mass is 250 g/mol. The predicted octanol–water partition coefficient (Wildman–Crippen LogP) is 0.236. The van der Waals surface area contributed by atoms with Crippen LogP contribution in [0.1, 0.15) is 12.0 Å². The molecule has 1 aromatic rings. The zero-order valence-electron chi connectivity index (χ0n) is 10.4. The fraction of sp³-hybridized carbons (Fsp3) is 0.385. The number of aryl methyl sites for hydroxylation is 1. The Kier molecular flexibility index (Phi) is 5.87. The van der Waals surface area contributed by atoms with Crippen LogP contribution in [0.3, 0.4) is 0 Å². The van der Waals surface area contributed by atoms with Crippen LogP contribution in [0.2, 0.25) is 0 Å². The van der Waals surface area contributed by atoms with Crippen molar-refractivity contribution in [2.45, 2.75) is 18.9 Å². The number of carbonyl (C=O) groups is 2. The Balaban J connectivity index is 2.30. The van der Waals surface area contributed by atoms with E-state index in [1.165, 1.54) is 7.11 Å². The Labute approximate surface area is 106 Å². The molecule has 18 heavy (non-hydrogen) atoms. The molecule has 0 aromatic heterocycles. The van der Waals surface area contributed by atoms with Crippen LogP contribution in [0.25, 0.3) is 0 Å². The molecule has 0 aliphatic heterocycles. The van der Waals surface area contributed by atoms with Crippen LogP contribution < -0.4 is 11.1 Å². The average molecular weight is 250 g/mol. The zero-order valence-corrected chi connectivity index (χ0v) is 10.4. The summed E-state index contributed by atoms with van der Waals surface area (Å²) >= 11 is 0. The van der Waals surface area contributed by atoms with Gasteiger partial charge in [-0.25, -0.2) is 0 Å². The summed E-state index contributed by atoms with van der Waals surface area (Å²) in [4.78, 5) is 22.4. The lowest BCUT2D eigenvalue weighted by atomic mass is 10.1. The van der Waals surface area contributed by atoms with E-state index in [0.29, 0.717) is 6.42 Å². The van der Waals surface area contributed by atoms with Crippen molar-refractivity contribution in [3.63, 3.8) is 0 Å². The van der Waals surface area contributed by atoms with E-state index >= 15 is 0 Å². The third-order valence-corrected chi connectivity index (χ3v) is 2.56. The minimum atomic E-state index is -0.616. The molecular weight excluding hydrogens is 232 g/mol. The summed E-state index contributed by atoms with van der Waals surface area (Å²) in [5.74, 6) is -0.824. The van der Waals surface area contributed by atoms with Gasteiger partial charge >= 0.3 is 5.97 Å². The summed E-state index contributed by atoms with van der Waals surface area (Å²) in [6.45, 7) is -0.144. The average Bonchev–Trinajstić information content (AvgIpc) is 2.42. The highest BCUT2D eigenvalue weighted by atomic mass is 16.5. The maximum absolute atomic E-state index is 11.5. The minimum absolute atomic E-state index is 0.144. The number of ether oxygens (including phenoxy) is 1. The molecule has 0 aliphatic carbocycles. The first-order chi connectivity index (χ1) is 8.63. The van der Waals surface area contributed by atoms with Crippen molar-refractivity contribution in [1.82, 2.24) is 5.32 Å². The fourth-order valence-electron chi connectivity index (χ4n) is 1.46. The molecule has 98 valence electrons. The van der Waals surface area contributed by atoms with Crippen molar-refractivity contribution < 1.29 is 14.3 Å². The highest BCUT2D eigenvalue weighted by molar-refractivity contribution is 5.85. The number of carbonyl (C=O) groups excluding carboxylic acids is 2. The number of amides is 1. The lowest BCUT2D eigenvalue weighted by Crippen LogP contribution is -2.43. The molecule has 1 rings (SSSR count). The van der Waals surface area contributed by atoms with E-state index in [1.54, 1.807) is 0 Å². The van der Waals surface area contributed by atoms with E-state index in [0.717, 1.165) is 12.0 Å². The van der Waals surface area contributed by atoms with Gasteiger partial charge in [0.15, 0.2) is 0 Å². The Morgan fingerprint density at radius 1 is 1.33 bits per heavy atom. The molecule has 0 aliphatic rings. The molecule has 0 saturated heterocycles. The number of hydrogen-bond acceptors (Lipinski definition) is 4. The molecule has 5 heteroatoms. The Hall–Kier alpha value is -1.88. The van der Waals surface area contributed by atoms with Crippen LogP contribution in [-0.4, -0.2) is 31.6 Å². The molecule has 1 amide bonds. The van der Waals surface area contributed by atoms with Crippen molar-refractivity contribution in [2.24, 2.45) is 5.73 Å². The second kappa shape index (κ2) is 7.45. The third-order valence-electron chi connectivity index (χ3n) is 2.56. The first-order valence-electron chi connectivity index (χ1n) is 5.77. The molecule has 0 radical (unpaired) electrons. The summed E-state index contributed by atoms with van der Waals surface area (Å²) in [5, 5.41) is 2.43. The summed E-state index contributed by atoms with van der Waals surface area (Å²) in [5.41, 5.74) is 6.86. The van der Waals surface area contributed by atoms with Gasteiger partial charge in [0, 0.05) is 0 Å². The third kappa shape index (κ3) is 4.97. The predicted molar refractivity (Wildman–Crippen MR) is 67.8 cm³/mol. The van der Waals surface area contributed by atoms with Gasteiger partial charge in [-0.05, 0) is 18.4 Å². The van der Waals surface area contributed by atoms with Crippen molar-refractivity contribution in [3.8, 4) is 0 Å². The SMILES string of the molecule is COC(=O)CNC(=O)C(N)CCc1ccccc1. The van der Waals surface area contributed by atoms with E-state index in [9.17, 15) is 9.59 Å². The van der Waals surface area contributed by atoms with Gasteiger partial charge in [-0.1, -0.05) is 30.3 Å². The molecule has 1 atom stereocenters. The van der Waals surface area contributed by atoms with Crippen LogP contribution in [-0.2, 0) is 20.7 Å². The molecule has 5 nitrogen and oxygen atoms in total. The van der Waals surface area contributed by atoms with Crippen LogP contribution in [0.5, 0.6) is 0 Å². The zero-order chi connectivity index (χ0) is 13.4. The topological polar surface area (TPSA) is 81.4 Å². The second-order valence-corrected chi connectivity index (χ2v) is 3.92. The number of hydrogen-bond donors (Lipinski definition) is 2. The molecule has 3 N–H and O–H groups in total.